The van der Waals surface area contributed by atoms with Gasteiger partial charge in [0.25, 0.3) is 0 Å². The van der Waals surface area contributed by atoms with Crippen LogP contribution in [0.2, 0.25) is 0 Å². The molecule has 1 heterocycles. The van der Waals surface area contributed by atoms with Crippen LogP contribution in [-0.2, 0) is 4.79 Å². The Balaban J connectivity index is 1.61. The Hall–Kier alpha value is -0.570. The van der Waals surface area contributed by atoms with Gasteiger partial charge in [-0.25, -0.2) is 0 Å². The highest BCUT2D eigenvalue weighted by Crippen LogP contribution is 2.27. The molecule has 0 aromatic heterocycles. The Morgan fingerprint density at radius 3 is 2.72 bits per heavy atom. The molecular formula is C15H28N2O. The van der Waals surface area contributed by atoms with E-state index in [1.807, 2.05) is 0 Å². The van der Waals surface area contributed by atoms with Crippen LogP contribution in [0.3, 0.4) is 0 Å². The van der Waals surface area contributed by atoms with Gasteiger partial charge in [-0.05, 0) is 38.6 Å². The Bertz CT molecular complexity index is 255. The second-order valence-electron chi connectivity index (χ2n) is 6.18. The normalized spacial score (nSPS) is 27.1. The van der Waals surface area contributed by atoms with Crippen LogP contribution in [-0.4, -0.2) is 25.0 Å². The van der Waals surface area contributed by atoms with Gasteiger partial charge in [0.1, 0.15) is 0 Å². The average Bonchev–Trinajstić information content (AvgIpc) is 2.91. The van der Waals surface area contributed by atoms with E-state index in [1.165, 1.54) is 38.5 Å². The zero-order valence-corrected chi connectivity index (χ0v) is 11.7. The van der Waals surface area contributed by atoms with Gasteiger partial charge in [-0.3, -0.25) is 4.79 Å². The average molecular weight is 252 g/mol. The zero-order valence-electron chi connectivity index (χ0n) is 11.7. The summed E-state index contributed by atoms with van der Waals surface area (Å²) in [6.07, 6.45) is 10.5. The van der Waals surface area contributed by atoms with Crippen molar-refractivity contribution in [2.45, 2.75) is 64.3 Å². The minimum absolute atomic E-state index is 0.210. The summed E-state index contributed by atoms with van der Waals surface area (Å²) in [6, 6.07) is 0.347. The Morgan fingerprint density at radius 2 is 2.06 bits per heavy atom. The molecule has 2 unspecified atom stereocenters. The number of hydrogen-bond acceptors (Lipinski definition) is 2. The molecule has 1 amide bonds. The highest BCUT2D eigenvalue weighted by atomic mass is 16.2. The molecule has 3 nitrogen and oxygen atoms in total. The minimum Gasteiger partial charge on any atom is -0.353 e. The lowest BCUT2D eigenvalue weighted by atomic mass is 9.85. The second-order valence-corrected chi connectivity index (χ2v) is 6.18. The molecule has 0 spiro atoms. The van der Waals surface area contributed by atoms with Crippen molar-refractivity contribution in [1.29, 1.82) is 0 Å². The van der Waals surface area contributed by atoms with Crippen LogP contribution < -0.4 is 10.6 Å². The van der Waals surface area contributed by atoms with Crippen LogP contribution in [0.1, 0.15) is 58.3 Å². The SMILES string of the molecule is CC(CCC1CCCCC1)NC(=O)C1CCNC1. The molecule has 2 aliphatic rings. The molecule has 1 saturated carbocycles. The summed E-state index contributed by atoms with van der Waals surface area (Å²) < 4.78 is 0. The molecule has 0 bridgehead atoms. The summed E-state index contributed by atoms with van der Waals surface area (Å²) in [5.41, 5.74) is 0. The summed E-state index contributed by atoms with van der Waals surface area (Å²) >= 11 is 0. The molecule has 18 heavy (non-hydrogen) atoms. The van der Waals surface area contributed by atoms with E-state index in [-0.39, 0.29) is 11.8 Å². The largest absolute Gasteiger partial charge is 0.353 e. The van der Waals surface area contributed by atoms with E-state index in [0.717, 1.165) is 31.8 Å². The lowest BCUT2D eigenvalue weighted by molar-refractivity contribution is -0.125. The van der Waals surface area contributed by atoms with Crippen molar-refractivity contribution in [1.82, 2.24) is 10.6 Å². The lowest BCUT2D eigenvalue weighted by Gasteiger charge is -2.23. The standard InChI is InChI=1S/C15H28N2O/c1-12(7-8-13-5-3-2-4-6-13)17-15(18)14-9-10-16-11-14/h12-14,16H,2-11H2,1H3,(H,17,18). The van der Waals surface area contributed by atoms with Crippen LogP contribution >= 0.6 is 0 Å². The fraction of sp³-hybridized carbons (Fsp3) is 0.933. The van der Waals surface area contributed by atoms with Gasteiger partial charge in [0.05, 0.1) is 5.92 Å². The Labute approximate surface area is 111 Å². The van der Waals surface area contributed by atoms with E-state index in [4.69, 9.17) is 0 Å². The van der Waals surface area contributed by atoms with Crippen LogP contribution in [0.5, 0.6) is 0 Å². The highest BCUT2D eigenvalue weighted by molar-refractivity contribution is 5.79. The van der Waals surface area contributed by atoms with E-state index in [1.54, 1.807) is 0 Å². The number of carbonyl (C=O) groups excluding carboxylic acids is 1. The lowest BCUT2D eigenvalue weighted by Crippen LogP contribution is -2.38. The first-order valence-corrected chi connectivity index (χ1v) is 7.77. The fourth-order valence-corrected chi connectivity index (χ4v) is 3.27. The second kappa shape index (κ2) is 7.13. The van der Waals surface area contributed by atoms with Crippen LogP contribution in [0, 0.1) is 11.8 Å². The molecule has 2 fully saturated rings. The van der Waals surface area contributed by atoms with E-state index < -0.39 is 0 Å². The summed E-state index contributed by atoms with van der Waals surface area (Å²) in [5, 5.41) is 6.43. The predicted octanol–water partition coefficient (Wildman–Crippen LogP) is 2.46. The first-order chi connectivity index (χ1) is 8.75. The first kappa shape index (κ1) is 13.9. The third kappa shape index (κ3) is 4.27. The highest BCUT2D eigenvalue weighted by Gasteiger charge is 2.23. The molecule has 1 saturated heterocycles. The fourth-order valence-electron chi connectivity index (χ4n) is 3.27. The predicted molar refractivity (Wildman–Crippen MR) is 74.4 cm³/mol. The topological polar surface area (TPSA) is 41.1 Å². The molecule has 2 atom stereocenters. The molecule has 3 heteroatoms. The molecule has 1 aliphatic heterocycles. The molecular weight excluding hydrogens is 224 g/mol. The Kier molecular flexibility index (Phi) is 5.48. The van der Waals surface area contributed by atoms with Gasteiger partial charge >= 0.3 is 0 Å². The van der Waals surface area contributed by atoms with E-state index in [9.17, 15) is 4.79 Å². The van der Waals surface area contributed by atoms with Crippen molar-refractivity contribution in [2.24, 2.45) is 11.8 Å². The van der Waals surface area contributed by atoms with Crippen LogP contribution in [0.15, 0.2) is 0 Å². The number of amides is 1. The van der Waals surface area contributed by atoms with Crippen LogP contribution in [0.4, 0.5) is 0 Å². The summed E-state index contributed by atoms with van der Waals surface area (Å²) in [4.78, 5) is 12.0. The van der Waals surface area contributed by atoms with Gasteiger partial charge in [-0.1, -0.05) is 32.1 Å². The quantitative estimate of drug-likeness (QED) is 0.789. The van der Waals surface area contributed by atoms with Gasteiger partial charge in [0.2, 0.25) is 5.91 Å². The molecule has 0 radical (unpaired) electrons. The summed E-state index contributed by atoms with van der Waals surface area (Å²) in [6.45, 7) is 4.01. The summed E-state index contributed by atoms with van der Waals surface area (Å²) in [5.74, 6) is 1.39. The third-order valence-electron chi connectivity index (χ3n) is 4.55. The van der Waals surface area contributed by atoms with Gasteiger partial charge in [0, 0.05) is 12.6 Å². The third-order valence-corrected chi connectivity index (χ3v) is 4.55. The van der Waals surface area contributed by atoms with E-state index in [0.29, 0.717) is 6.04 Å². The Morgan fingerprint density at radius 1 is 1.28 bits per heavy atom. The minimum atomic E-state index is 0.210. The number of rotatable bonds is 5. The molecule has 1 aliphatic carbocycles. The van der Waals surface area contributed by atoms with Gasteiger partial charge in [0.15, 0.2) is 0 Å². The van der Waals surface area contributed by atoms with Crippen molar-refractivity contribution in [3.63, 3.8) is 0 Å². The van der Waals surface area contributed by atoms with E-state index >= 15 is 0 Å². The van der Waals surface area contributed by atoms with E-state index in [2.05, 4.69) is 17.6 Å². The van der Waals surface area contributed by atoms with Crippen molar-refractivity contribution in [3.8, 4) is 0 Å². The molecule has 104 valence electrons. The number of hydrogen-bond donors (Lipinski definition) is 2. The van der Waals surface area contributed by atoms with Crippen molar-refractivity contribution < 1.29 is 4.79 Å². The smallest absolute Gasteiger partial charge is 0.224 e. The molecule has 0 aromatic rings. The van der Waals surface area contributed by atoms with Crippen molar-refractivity contribution in [2.75, 3.05) is 13.1 Å². The monoisotopic (exact) mass is 252 g/mol. The van der Waals surface area contributed by atoms with Crippen LogP contribution in [0.25, 0.3) is 0 Å². The van der Waals surface area contributed by atoms with Crippen molar-refractivity contribution >= 4 is 5.91 Å². The van der Waals surface area contributed by atoms with Gasteiger partial charge in [-0.2, -0.15) is 0 Å². The number of nitrogens with one attached hydrogen (secondary N) is 2. The van der Waals surface area contributed by atoms with Gasteiger partial charge < -0.3 is 10.6 Å². The maximum atomic E-state index is 12.0. The van der Waals surface area contributed by atoms with Gasteiger partial charge in [-0.15, -0.1) is 0 Å². The zero-order chi connectivity index (χ0) is 12.8. The maximum Gasteiger partial charge on any atom is 0.224 e. The first-order valence-electron chi connectivity index (χ1n) is 7.77. The summed E-state index contributed by atoms with van der Waals surface area (Å²) in [7, 11) is 0. The number of carbonyl (C=O) groups is 1. The van der Waals surface area contributed by atoms with Crippen molar-refractivity contribution in [3.05, 3.63) is 0 Å². The molecule has 2 N–H and O–H groups in total. The molecule has 0 aromatic carbocycles. The molecule has 2 rings (SSSR count). The maximum absolute atomic E-state index is 12.0.